The van der Waals surface area contributed by atoms with Crippen molar-refractivity contribution < 1.29 is 14.0 Å². The number of nitrogens with one attached hydrogen (secondary N) is 3. The third-order valence-corrected chi connectivity index (χ3v) is 7.85. The summed E-state index contributed by atoms with van der Waals surface area (Å²) in [5, 5.41) is 8.93. The van der Waals surface area contributed by atoms with E-state index in [2.05, 4.69) is 25.9 Å². The second-order valence-electron chi connectivity index (χ2n) is 10.2. The Bertz CT molecular complexity index is 1250. The van der Waals surface area contributed by atoms with Crippen LogP contribution in [0.4, 0.5) is 26.5 Å². The van der Waals surface area contributed by atoms with Gasteiger partial charge in [-0.1, -0.05) is 23.2 Å². The molecule has 2 aliphatic rings. The van der Waals surface area contributed by atoms with Crippen molar-refractivity contribution in [2.75, 3.05) is 30.8 Å². The van der Waals surface area contributed by atoms with Gasteiger partial charge in [0.1, 0.15) is 11.5 Å². The molecule has 1 saturated heterocycles. The van der Waals surface area contributed by atoms with E-state index in [1.54, 1.807) is 18.1 Å². The van der Waals surface area contributed by atoms with Crippen LogP contribution in [0.5, 0.6) is 0 Å². The highest BCUT2D eigenvalue weighted by molar-refractivity contribution is 6.36. The first-order valence-corrected chi connectivity index (χ1v) is 14.0. The van der Waals surface area contributed by atoms with Crippen LogP contribution in [0.2, 0.25) is 10.0 Å². The van der Waals surface area contributed by atoms with E-state index in [0.29, 0.717) is 36.8 Å². The molecule has 216 valence electrons. The summed E-state index contributed by atoms with van der Waals surface area (Å²) in [5.74, 6) is -0.451. The van der Waals surface area contributed by atoms with Crippen molar-refractivity contribution in [3.05, 3.63) is 39.9 Å². The molecule has 0 radical (unpaired) electrons. The van der Waals surface area contributed by atoms with Crippen LogP contribution in [0.1, 0.15) is 44.2 Å². The molecule has 2 heterocycles. The van der Waals surface area contributed by atoms with Crippen molar-refractivity contribution >= 4 is 58.4 Å². The Morgan fingerprint density at radius 3 is 2.60 bits per heavy atom. The Labute approximate surface area is 242 Å². The number of nitrogens with two attached hydrogens (primary N) is 2. The van der Waals surface area contributed by atoms with Gasteiger partial charge in [-0.05, 0) is 63.0 Å². The molecule has 1 aliphatic heterocycles. The van der Waals surface area contributed by atoms with Crippen molar-refractivity contribution in [3.63, 3.8) is 0 Å². The van der Waals surface area contributed by atoms with E-state index < -0.39 is 5.82 Å². The molecule has 1 saturated carbocycles. The summed E-state index contributed by atoms with van der Waals surface area (Å²) in [6.07, 6.45) is 6.98. The van der Waals surface area contributed by atoms with Gasteiger partial charge in [0.15, 0.2) is 5.96 Å². The fourth-order valence-corrected chi connectivity index (χ4v) is 5.73. The summed E-state index contributed by atoms with van der Waals surface area (Å²) in [6.45, 7) is 1.22. The number of urea groups is 1. The third kappa shape index (κ3) is 7.63. The van der Waals surface area contributed by atoms with E-state index in [-0.39, 0.29) is 51.5 Å². The number of halogens is 3. The van der Waals surface area contributed by atoms with Crippen molar-refractivity contribution in [2.24, 2.45) is 28.3 Å². The molecule has 1 aromatic heterocycles. The quantitative estimate of drug-likeness (QED) is 0.239. The molecule has 4 rings (SSSR count). The van der Waals surface area contributed by atoms with Crippen LogP contribution in [-0.2, 0) is 11.2 Å². The van der Waals surface area contributed by atoms with Crippen LogP contribution in [0.15, 0.2) is 23.3 Å². The number of likely N-dealkylation sites (tertiary alicyclic amines) is 1. The highest BCUT2D eigenvalue weighted by atomic mass is 35.5. The number of benzene rings is 1. The fourth-order valence-electron chi connectivity index (χ4n) is 5.22. The highest BCUT2D eigenvalue weighted by Crippen LogP contribution is 2.33. The van der Waals surface area contributed by atoms with E-state index in [1.807, 2.05) is 0 Å². The van der Waals surface area contributed by atoms with Gasteiger partial charge in [0.2, 0.25) is 11.9 Å². The highest BCUT2D eigenvalue weighted by Gasteiger charge is 2.27. The number of anilines is 2. The normalized spacial score (nSPS) is 21.6. The summed E-state index contributed by atoms with van der Waals surface area (Å²) in [5.41, 5.74) is 12.7. The van der Waals surface area contributed by atoms with Gasteiger partial charge >= 0.3 is 6.03 Å². The van der Waals surface area contributed by atoms with Crippen molar-refractivity contribution in [2.45, 2.75) is 51.0 Å². The molecule has 7 N–H and O–H groups in total. The van der Waals surface area contributed by atoms with E-state index in [4.69, 9.17) is 39.7 Å². The predicted octanol–water partition coefficient (Wildman–Crippen LogP) is 4.03. The maximum atomic E-state index is 14.4. The maximum Gasteiger partial charge on any atom is 0.317 e. The van der Waals surface area contributed by atoms with Crippen LogP contribution < -0.4 is 27.4 Å². The first-order chi connectivity index (χ1) is 19.1. The molecular weight excluding hydrogens is 560 g/mol. The molecule has 1 atom stereocenters. The van der Waals surface area contributed by atoms with Gasteiger partial charge in [-0.2, -0.15) is 0 Å². The Hall–Kier alpha value is -3.38. The van der Waals surface area contributed by atoms with Gasteiger partial charge in [-0.3, -0.25) is 4.79 Å². The number of carbonyl (C=O) groups excluding carboxylic acids is 2. The van der Waals surface area contributed by atoms with E-state index in [9.17, 15) is 14.0 Å². The van der Waals surface area contributed by atoms with Crippen LogP contribution in [0, 0.1) is 17.7 Å². The number of aliphatic imine (C=N–C) groups is 1. The summed E-state index contributed by atoms with van der Waals surface area (Å²) in [4.78, 5) is 39.1. The number of primary amides is 1. The minimum atomic E-state index is -0.670. The number of hydrogen-bond acceptors (Lipinski definition) is 6. The average molecular weight is 595 g/mol. The Morgan fingerprint density at radius 1 is 1.18 bits per heavy atom. The maximum absolute atomic E-state index is 14.4. The summed E-state index contributed by atoms with van der Waals surface area (Å²) < 4.78 is 14.4. The minimum absolute atomic E-state index is 0.0129. The van der Waals surface area contributed by atoms with E-state index in [1.165, 1.54) is 6.07 Å². The first kappa shape index (κ1) is 29.6. The number of rotatable bonds is 7. The zero-order chi connectivity index (χ0) is 28.8. The predicted molar refractivity (Wildman–Crippen MR) is 154 cm³/mol. The number of amides is 3. The van der Waals surface area contributed by atoms with Gasteiger partial charge in [-0.15, -0.1) is 0 Å². The SMILES string of the molecule is CNC(=O)N1CCC[C@@H](Nc2ncc(/N=C(\N)Nc3c(F)cc(Cl)cc3Cl)c(C[C@H]3CC[C@@H](C(N)=O)CC3)n2)C1. The first-order valence-electron chi connectivity index (χ1n) is 13.3. The largest absolute Gasteiger partial charge is 0.369 e. The number of carbonyl (C=O) groups is 2. The lowest BCUT2D eigenvalue weighted by Gasteiger charge is -2.33. The zero-order valence-electron chi connectivity index (χ0n) is 22.2. The van der Waals surface area contributed by atoms with E-state index >= 15 is 0 Å². The van der Waals surface area contributed by atoms with E-state index in [0.717, 1.165) is 44.6 Å². The summed E-state index contributed by atoms with van der Waals surface area (Å²) in [7, 11) is 1.61. The Kier molecular flexibility index (Phi) is 9.85. The van der Waals surface area contributed by atoms with Gasteiger partial charge in [-0.25, -0.2) is 24.1 Å². The van der Waals surface area contributed by atoms with Crippen molar-refractivity contribution in [1.29, 1.82) is 0 Å². The lowest BCUT2D eigenvalue weighted by molar-refractivity contribution is -0.122. The molecule has 3 amide bonds. The second-order valence-corrected chi connectivity index (χ2v) is 11.0. The molecule has 0 bridgehead atoms. The van der Waals surface area contributed by atoms with Gasteiger partial charge < -0.3 is 32.3 Å². The topological polar surface area (TPSA) is 164 Å². The number of piperidine rings is 1. The number of hydrogen-bond donors (Lipinski definition) is 5. The van der Waals surface area contributed by atoms with Crippen LogP contribution >= 0.6 is 23.2 Å². The Balaban J connectivity index is 1.55. The van der Waals surface area contributed by atoms with Gasteiger partial charge in [0.05, 0.1) is 22.6 Å². The molecule has 2 aromatic rings. The zero-order valence-corrected chi connectivity index (χ0v) is 23.7. The average Bonchev–Trinajstić information content (AvgIpc) is 2.92. The lowest BCUT2D eigenvalue weighted by atomic mass is 9.79. The number of nitrogens with zero attached hydrogens (tertiary/aromatic N) is 4. The second kappa shape index (κ2) is 13.3. The summed E-state index contributed by atoms with van der Waals surface area (Å²) >= 11 is 12.0. The lowest BCUT2D eigenvalue weighted by Crippen LogP contribution is -2.48. The molecule has 40 heavy (non-hydrogen) atoms. The third-order valence-electron chi connectivity index (χ3n) is 7.33. The number of guanidine groups is 1. The number of aromatic nitrogens is 2. The monoisotopic (exact) mass is 593 g/mol. The standard InChI is InChI=1S/C26H34Cl2FN9O2/c1-32-26(40)38-8-2-3-17(13-38)34-25-33-12-21(20(36-25)9-14-4-6-15(7-5-14)23(30)39)35-24(31)37-22-18(28)10-16(27)11-19(22)29/h10-12,14-15,17H,2-9,13H2,1H3,(H2,30,39)(H,32,40)(H3,31,35,37)(H,33,34,36)/t14-,15+,17-/m1/s1. The van der Waals surface area contributed by atoms with Crippen LogP contribution in [0.25, 0.3) is 0 Å². The van der Waals surface area contributed by atoms with Crippen molar-refractivity contribution in [3.8, 4) is 0 Å². The molecule has 1 aromatic carbocycles. The molecule has 1 aliphatic carbocycles. The van der Waals surface area contributed by atoms with Crippen LogP contribution in [-0.4, -0.2) is 58.9 Å². The molecule has 14 heteroatoms. The molecule has 0 spiro atoms. The summed E-state index contributed by atoms with van der Waals surface area (Å²) in [6, 6.07) is 2.39. The fraction of sp³-hybridized carbons (Fsp3) is 0.500. The van der Waals surface area contributed by atoms with Gasteiger partial charge in [0.25, 0.3) is 0 Å². The van der Waals surface area contributed by atoms with Crippen molar-refractivity contribution in [1.82, 2.24) is 20.2 Å². The molecular formula is C26H34Cl2FN9O2. The smallest absolute Gasteiger partial charge is 0.317 e. The van der Waals surface area contributed by atoms with Crippen LogP contribution in [0.3, 0.4) is 0 Å². The Morgan fingerprint density at radius 2 is 1.93 bits per heavy atom. The minimum Gasteiger partial charge on any atom is -0.369 e. The van der Waals surface area contributed by atoms with Gasteiger partial charge in [0, 0.05) is 37.1 Å². The molecule has 0 unspecified atom stereocenters. The molecule has 2 fully saturated rings. The molecule has 11 nitrogen and oxygen atoms in total.